The first-order chi connectivity index (χ1) is 26.1. The highest BCUT2D eigenvalue weighted by Gasteiger charge is 2.22. The van der Waals surface area contributed by atoms with Gasteiger partial charge in [-0.15, -0.1) is 0 Å². The van der Waals surface area contributed by atoms with Crippen LogP contribution in [0.4, 0.5) is 0 Å². The van der Waals surface area contributed by atoms with E-state index in [2.05, 4.69) is 43.5 Å². The van der Waals surface area contributed by atoms with Crippen LogP contribution in [0.15, 0.2) is 36.5 Å². The number of carbonyl (C=O) groups excluding carboxylic acids is 1. The van der Waals surface area contributed by atoms with Crippen molar-refractivity contribution in [2.75, 3.05) is 6.61 Å². The normalized spacial score (nSPS) is 13.8. The standard InChI is InChI=1S/C48H91NO4/c1-3-5-7-9-11-13-15-17-18-19-20-21-22-23-24-25-26-27-28-29-31-33-35-37-39-41-43-47(52)48(53)49-45(44-50)46(51)42-40-38-36-34-32-30-16-14-12-10-8-6-4-2/h23-24,32,34,40,42,45-47,50-52H,3-22,25-31,33,35-39,41,43-44H2,1-2H3,(H,49,53)/b24-23-,34-32+,42-40+. The fraction of sp³-hybridized carbons (Fsp3) is 0.854. The number of aliphatic hydroxyl groups excluding tert-OH is 3. The van der Waals surface area contributed by atoms with Crippen LogP contribution >= 0.6 is 0 Å². The number of aliphatic hydroxyl groups is 3. The summed E-state index contributed by atoms with van der Waals surface area (Å²) in [7, 11) is 0. The Kier molecular flexibility index (Phi) is 42.1. The highest BCUT2D eigenvalue weighted by atomic mass is 16.3. The molecule has 312 valence electrons. The average molecular weight is 746 g/mol. The highest BCUT2D eigenvalue weighted by molar-refractivity contribution is 5.80. The molecular formula is C48H91NO4. The van der Waals surface area contributed by atoms with E-state index in [-0.39, 0.29) is 6.61 Å². The van der Waals surface area contributed by atoms with E-state index in [1.165, 1.54) is 180 Å². The zero-order valence-corrected chi connectivity index (χ0v) is 35.4. The number of unbranched alkanes of at least 4 members (excludes halogenated alkanes) is 30. The minimum atomic E-state index is -1.11. The quantitative estimate of drug-likeness (QED) is 0.0370. The smallest absolute Gasteiger partial charge is 0.249 e. The van der Waals surface area contributed by atoms with E-state index < -0.39 is 24.2 Å². The molecule has 3 unspecified atom stereocenters. The zero-order valence-electron chi connectivity index (χ0n) is 35.4. The number of rotatable bonds is 42. The van der Waals surface area contributed by atoms with Crippen molar-refractivity contribution >= 4 is 5.91 Å². The topological polar surface area (TPSA) is 89.8 Å². The molecule has 0 aliphatic heterocycles. The van der Waals surface area contributed by atoms with Gasteiger partial charge in [0.2, 0.25) is 5.91 Å². The first-order valence-electron chi connectivity index (χ1n) is 23.3. The molecule has 0 radical (unpaired) electrons. The second-order valence-corrected chi connectivity index (χ2v) is 16.0. The lowest BCUT2D eigenvalue weighted by Crippen LogP contribution is -2.48. The van der Waals surface area contributed by atoms with Crippen LogP contribution in [0.1, 0.15) is 239 Å². The van der Waals surface area contributed by atoms with Crippen LogP contribution in [0.3, 0.4) is 0 Å². The van der Waals surface area contributed by atoms with Crippen molar-refractivity contribution in [3.63, 3.8) is 0 Å². The Morgan fingerprint density at radius 3 is 1.15 bits per heavy atom. The van der Waals surface area contributed by atoms with Gasteiger partial charge < -0.3 is 20.6 Å². The van der Waals surface area contributed by atoms with Gasteiger partial charge in [0.25, 0.3) is 0 Å². The molecule has 0 spiro atoms. The van der Waals surface area contributed by atoms with Gasteiger partial charge >= 0.3 is 0 Å². The maximum absolute atomic E-state index is 12.5. The lowest BCUT2D eigenvalue weighted by Gasteiger charge is -2.21. The molecule has 5 nitrogen and oxygen atoms in total. The van der Waals surface area contributed by atoms with Crippen molar-refractivity contribution in [1.82, 2.24) is 5.32 Å². The molecule has 0 aromatic carbocycles. The van der Waals surface area contributed by atoms with E-state index in [9.17, 15) is 20.1 Å². The maximum Gasteiger partial charge on any atom is 0.249 e. The van der Waals surface area contributed by atoms with Crippen LogP contribution in [0.5, 0.6) is 0 Å². The number of carbonyl (C=O) groups is 1. The monoisotopic (exact) mass is 746 g/mol. The molecule has 0 saturated carbocycles. The highest BCUT2D eigenvalue weighted by Crippen LogP contribution is 2.15. The lowest BCUT2D eigenvalue weighted by atomic mass is 10.0. The van der Waals surface area contributed by atoms with E-state index in [1.807, 2.05) is 6.08 Å². The van der Waals surface area contributed by atoms with Gasteiger partial charge in [-0.3, -0.25) is 4.79 Å². The Morgan fingerprint density at radius 2 is 0.774 bits per heavy atom. The van der Waals surface area contributed by atoms with Crippen LogP contribution < -0.4 is 5.32 Å². The molecule has 0 aliphatic rings. The summed E-state index contributed by atoms with van der Waals surface area (Å²) in [6.07, 6.45) is 54.8. The summed E-state index contributed by atoms with van der Waals surface area (Å²) in [4.78, 5) is 12.5. The minimum Gasteiger partial charge on any atom is -0.394 e. The lowest BCUT2D eigenvalue weighted by molar-refractivity contribution is -0.131. The van der Waals surface area contributed by atoms with Crippen molar-refractivity contribution in [2.24, 2.45) is 0 Å². The van der Waals surface area contributed by atoms with E-state index >= 15 is 0 Å². The van der Waals surface area contributed by atoms with Gasteiger partial charge in [0, 0.05) is 0 Å². The predicted octanol–water partition coefficient (Wildman–Crippen LogP) is 13.5. The molecule has 0 saturated heterocycles. The van der Waals surface area contributed by atoms with Gasteiger partial charge in [-0.05, 0) is 57.8 Å². The predicted molar refractivity (Wildman–Crippen MR) is 231 cm³/mol. The molecule has 0 aliphatic carbocycles. The Labute approximate surface area is 330 Å². The zero-order chi connectivity index (χ0) is 38.7. The summed E-state index contributed by atoms with van der Waals surface area (Å²) < 4.78 is 0. The van der Waals surface area contributed by atoms with Crippen molar-refractivity contribution < 1.29 is 20.1 Å². The summed E-state index contributed by atoms with van der Waals surface area (Å²) in [5.41, 5.74) is 0. The number of allylic oxidation sites excluding steroid dienone is 5. The molecule has 0 fully saturated rings. The second kappa shape index (κ2) is 43.3. The third-order valence-electron chi connectivity index (χ3n) is 10.7. The summed E-state index contributed by atoms with van der Waals surface area (Å²) in [6, 6.07) is -0.813. The van der Waals surface area contributed by atoms with Crippen molar-refractivity contribution in [1.29, 1.82) is 0 Å². The Bertz CT molecular complexity index is 824. The van der Waals surface area contributed by atoms with E-state index in [4.69, 9.17) is 0 Å². The number of hydrogen-bond donors (Lipinski definition) is 4. The Hall–Kier alpha value is -1.43. The Morgan fingerprint density at radius 1 is 0.453 bits per heavy atom. The third kappa shape index (κ3) is 38.6. The number of amides is 1. The first kappa shape index (κ1) is 51.6. The summed E-state index contributed by atoms with van der Waals surface area (Å²) in [5.74, 6) is -0.514. The molecule has 4 N–H and O–H groups in total. The SMILES string of the molecule is CCCCCCCCC/C=C/CC/C=C/C(O)C(CO)NC(=O)C(O)CCCCCCCCCCCC/C=C\CCCCCCCCCCCCCC. The molecule has 5 heteroatoms. The molecule has 0 aromatic heterocycles. The molecular weight excluding hydrogens is 655 g/mol. The van der Waals surface area contributed by atoms with Crippen LogP contribution in [0, 0.1) is 0 Å². The average Bonchev–Trinajstić information content (AvgIpc) is 3.16. The second-order valence-electron chi connectivity index (χ2n) is 16.0. The van der Waals surface area contributed by atoms with Gasteiger partial charge in [-0.2, -0.15) is 0 Å². The van der Waals surface area contributed by atoms with Gasteiger partial charge in [0.1, 0.15) is 6.10 Å². The third-order valence-corrected chi connectivity index (χ3v) is 10.7. The maximum atomic E-state index is 12.5. The molecule has 0 rings (SSSR count). The fourth-order valence-electron chi connectivity index (χ4n) is 7.02. The molecule has 1 amide bonds. The van der Waals surface area contributed by atoms with Crippen molar-refractivity contribution in [2.45, 2.75) is 257 Å². The molecule has 0 bridgehead atoms. The number of hydrogen-bond acceptors (Lipinski definition) is 4. The van der Waals surface area contributed by atoms with Crippen LogP contribution in [-0.2, 0) is 4.79 Å². The van der Waals surface area contributed by atoms with Crippen LogP contribution in [0.25, 0.3) is 0 Å². The van der Waals surface area contributed by atoms with Gasteiger partial charge in [-0.1, -0.05) is 217 Å². The van der Waals surface area contributed by atoms with Crippen LogP contribution in [0.2, 0.25) is 0 Å². The Balaban J connectivity index is 3.62. The molecule has 0 heterocycles. The van der Waals surface area contributed by atoms with Gasteiger partial charge in [0.05, 0.1) is 18.8 Å². The van der Waals surface area contributed by atoms with Crippen LogP contribution in [-0.4, -0.2) is 46.1 Å². The van der Waals surface area contributed by atoms with Gasteiger partial charge in [0.15, 0.2) is 0 Å². The summed E-state index contributed by atoms with van der Waals surface area (Å²) in [5, 5.41) is 33.1. The first-order valence-corrected chi connectivity index (χ1v) is 23.3. The molecule has 3 atom stereocenters. The largest absolute Gasteiger partial charge is 0.394 e. The van der Waals surface area contributed by atoms with E-state index in [1.54, 1.807) is 6.08 Å². The van der Waals surface area contributed by atoms with Crippen molar-refractivity contribution in [3.05, 3.63) is 36.5 Å². The van der Waals surface area contributed by atoms with E-state index in [0.29, 0.717) is 6.42 Å². The number of nitrogens with one attached hydrogen (secondary N) is 1. The van der Waals surface area contributed by atoms with E-state index in [0.717, 1.165) is 38.5 Å². The minimum absolute atomic E-state index is 0.376. The molecule has 53 heavy (non-hydrogen) atoms. The van der Waals surface area contributed by atoms with Gasteiger partial charge in [-0.25, -0.2) is 0 Å². The summed E-state index contributed by atoms with van der Waals surface area (Å²) in [6.45, 7) is 4.16. The van der Waals surface area contributed by atoms with Crippen molar-refractivity contribution in [3.8, 4) is 0 Å². The summed E-state index contributed by atoms with van der Waals surface area (Å²) >= 11 is 0. The fourth-order valence-corrected chi connectivity index (χ4v) is 7.02. The molecule has 0 aromatic rings.